The summed E-state index contributed by atoms with van der Waals surface area (Å²) in [5, 5.41) is 11.8. The lowest BCUT2D eigenvalue weighted by Crippen LogP contribution is -2.47. The van der Waals surface area contributed by atoms with Crippen LogP contribution in [0.5, 0.6) is 0 Å². The van der Waals surface area contributed by atoms with Gasteiger partial charge in [0.05, 0.1) is 22.2 Å². The molecule has 1 aliphatic heterocycles. The average Bonchev–Trinajstić information content (AvgIpc) is 2.73. The minimum absolute atomic E-state index is 0.159. The van der Waals surface area contributed by atoms with Crippen LogP contribution in [0.1, 0.15) is 18.5 Å². The van der Waals surface area contributed by atoms with Gasteiger partial charge in [-0.25, -0.2) is 13.8 Å². The van der Waals surface area contributed by atoms with Crippen molar-refractivity contribution in [1.29, 1.82) is 0 Å². The van der Waals surface area contributed by atoms with E-state index in [0.29, 0.717) is 42.9 Å². The maximum absolute atomic E-state index is 14.1. The summed E-state index contributed by atoms with van der Waals surface area (Å²) in [5.41, 5.74) is 0.584. The van der Waals surface area contributed by atoms with Crippen molar-refractivity contribution < 1.29 is 13.7 Å². The SMILES string of the molecule is CC(c1ccc(F)cc1F)N1CCN(c2cc3nc[nH]c(=O)c3cc2[N+](=O)[O-])CC1. The van der Waals surface area contributed by atoms with Gasteiger partial charge in [0.2, 0.25) is 0 Å². The molecule has 156 valence electrons. The van der Waals surface area contributed by atoms with Crippen molar-refractivity contribution in [2.24, 2.45) is 0 Å². The molecule has 2 aromatic carbocycles. The number of anilines is 1. The van der Waals surface area contributed by atoms with Gasteiger partial charge in [-0.15, -0.1) is 0 Å². The number of nitrogens with one attached hydrogen (secondary N) is 1. The third kappa shape index (κ3) is 3.61. The monoisotopic (exact) mass is 415 g/mol. The lowest BCUT2D eigenvalue weighted by molar-refractivity contribution is -0.384. The van der Waals surface area contributed by atoms with Gasteiger partial charge in [-0.05, 0) is 19.1 Å². The van der Waals surface area contributed by atoms with Crippen LogP contribution in [-0.4, -0.2) is 46.0 Å². The largest absolute Gasteiger partial charge is 0.363 e. The molecule has 1 fully saturated rings. The molecule has 0 spiro atoms. The number of aromatic nitrogens is 2. The fraction of sp³-hybridized carbons (Fsp3) is 0.300. The predicted octanol–water partition coefficient (Wildman–Crippen LogP) is 2.99. The number of nitro benzene ring substituents is 1. The fourth-order valence-electron chi connectivity index (χ4n) is 3.88. The second kappa shape index (κ2) is 7.79. The smallest absolute Gasteiger partial charge is 0.293 e. The second-order valence-electron chi connectivity index (χ2n) is 7.21. The minimum atomic E-state index is -0.621. The van der Waals surface area contributed by atoms with Crippen LogP contribution in [-0.2, 0) is 0 Å². The van der Waals surface area contributed by atoms with E-state index in [9.17, 15) is 23.7 Å². The van der Waals surface area contributed by atoms with Gasteiger partial charge in [0.15, 0.2) is 0 Å². The van der Waals surface area contributed by atoms with Crippen LogP contribution in [0.4, 0.5) is 20.2 Å². The Morgan fingerprint density at radius 1 is 1.17 bits per heavy atom. The van der Waals surface area contributed by atoms with Crippen molar-refractivity contribution in [3.8, 4) is 0 Å². The maximum atomic E-state index is 14.1. The molecule has 2 heterocycles. The molecule has 0 aliphatic carbocycles. The zero-order valence-electron chi connectivity index (χ0n) is 16.1. The van der Waals surface area contributed by atoms with E-state index in [4.69, 9.17) is 0 Å². The Hall–Kier alpha value is -3.40. The first-order chi connectivity index (χ1) is 14.3. The Bertz CT molecular complexity index is 1170. The minimum Gasteiger partial charge on any atom is -0.363 e. The number of aromatic amines is 1. The highest BCUT2D eigenvalue weighted by Crippen LogP contribution is 2.33. The van der Waals surface area contributed by atoms with Crippen LogP contribution in [0.3, 0.4) is 0 Å². The first-order valence-electron chi connectivity index (χ1n) is 9.45. The van der Waals surface area contributed by atoms with E-state index in [1.165, 1.54) is 24.5 Å². The topological polar surface area (TPSA) is 95.4 Å². The molecule has 4 rings (SSSR count). The highest BCUT2D eigenvalue weighted by molar-refractivity contribution is 5.87. The fourth-order valence-corrected chi connectivity index (χ4v) is 3.88. The van der Waals surface area contributed by atoms with Gasteiger partial charge in [0.25, 0.3) is 11.2 Å². The molecule has 1 atom stereocenters. The van der Waals surface area contributed by atoms with Crippen molar-refractivity contribution in [3.63, 3.8) is 0 Å². The number of benzene rings is 2. The lowest BCUT2D eigenvalue weighted by atomic mass is 10.0. The average molecular weight is 415 g/mol. The first-order valence-corrected chi connectivity index (χ1v) is 9.45. The van der Waals surface area contributed by atoms with Crippen LogP contribution in [0, 0.1) is 21.7 Å². The summed E-state index contributed by atoms with van der Waals surface area (Å²) >= 11 is 0. The standard InChI is InChI=1S/C20H19F2N5O3/c1-12(14-3-2-13(21)8-16(14)22)25-4-6-26(7-5-25)18-10-17-15(9-19(18)27(29)30)20(28)24-11-23-17/h2-3,8-12H,4-7H2,1H3,(H,23,24,28). The van der Waals surface area contributed by atoms with E-state index < -0.39 is 22.1 Å². The molecule has 10 heteroatoms. The van der Waals surface area contributed by atoms with E-state index in [-0.39, 0.29) is 17.1 Å². The summed E-state index contributed by atoms with van der Waals surface area (Å²) in [5.74, 6) is -1.21. The second-order valence-corrected chi connectivity index (χ2v) is 7.21. The molecular formula is C20H19F2N5O3. The number of nitro groups is 1. The molecule has 1 aromatic heterocycles. The van der Waals surface area contributed by atoms with Crippen molar-refractivity contribution in [2.45, 2.75) is 13.0 Å². The third-order valence-electron chi connectivity index (χ3n) is 5.55. The van der Waals surface area contributed by atoms with E-state index in [1.807, 2.05) is 16.7 Å². The zero-order valence-corrected chi connectivity index (χ0v) is 16.1. The van der Waals surface area contributed by atoms with Crippen LogP contribution in [0.2, 0.25) is 0 Å². The summed E-state index contributed by atoms with van der Waals surface area (Å²) in [7, 11) is 0. The molecule has 30 heavy (non-hydrogen) atoms. The van der Waals surface area contributed by atoms with Crippen LogP contribution in [0.25, 0.3) is 10.9 Å². The molecule has 1 unspecified atom stereocenters. The predicted molar refractivity (Wildman–Crippen MR) is 108 cm³/mol. The molecule has 8 nitrogen and oxygen atoms in total. The summed E-state index contributed by atoms with van der Waals surface area (Å²) < 4.78 is 27.3. The molecule has 1 aliphatic rings. The van der Waals surface area contributed by atoms with Gasteiger partial charge in [-0.2, -0.15) is 0 Å². The Kier molecular flexibility index (Phi) is 5.17. The first kappa shape index (κ1) is 19.9. The number of H-pyrrole nitrogens is 1. The highest BCUT2D eigenvalue weighted by atomic mass is 19.1. The van der Waals surface area contributed by atoms with E-state index >= 15 is 0 Å². The number of halogens is 2. The van der Waals surface area contributed by atoms with Gasteiger partial charge < -0.3 is 9.88 Å². The number of fused-ring (bicyclic) bond motifs is 1. The van der Waals surface area contributed by atoms with Crippen molar-refractivity contribution in [2.75, 3.05) is 31.1 Å². The summed E-state index contributed by atoms with van der Waals surface area (Å²) in [6.45, 7) is 3.87. The van der Waals surface area contributed by atoms with Gasteiger partial charge in [0, 0.05) is 49.9 Å². The maximum Gasteiger partial charge on any atom is 0.293 e. The molecule has 0 saturated carbocycles. The van der Waals surface area contributed by atoms with E-state index in [0.717, 1.165) is 6.07 Å². The van der Waals surface area contributed by atoms with Crippen LogP contribution >= 0.6 is 0 Å². The third-order valence-corrected chi connectivity index (χ3v) is 5.55. The molecular weight excluding hydrogens is 396 g/mol. The molecule has 1 N–H and O–H groups in total. The number of nitrogens with zero attached hydrogens (tertiary/aromatic N) is 4. The van der Waals surface area contributed by atoms with E-state index in [2.05, 4.69) is 9.97 Å². The molecule has 0 amide bonds. The molecule has 0 bridgehead atoms. The van der Waals surface area contributed by atoms with Crippen LogP contribution in [0.15, 0.2) is 41.5 Å². The number of piperazine rings is 1. The van der Waals surface area contributed by atoms with Gasteiger partial charge in [-0.1, -0.05) is 6.07 Å². The Morgan fingerprint density at radius 2 is 1.90 bits per heavy atom. The van der Waals surface area contributed by atoms with Crippen LogP contribution < -0.4 is 10.5 Å². The summed E-state index contributed by atoms with van der Waals surface area (Å²) in [6, 6.07) is 6.09. The lowest BCUT2D eigenvalue weighted by Gasteiger charge is -2.39. The zero-order chi connectivity index (χ0) is 21.4. The van der Waals surface area contributed by atoms with Crippen molar-refractivity contribution in [3.05, 3.63) is 74.3 Å². The number of rotatable bonds is 4. The Balaban J connectivity index is 1.58. The summed E-state index contributed by atoms with van der Waals surface area (Å²) in [4.78, 5) is 33.5. The Morgan fingerprint density at radius 3 is 2.57 bits per heavy atom. The number of hydrogen-bond donors (Lipinski definition) is 1. The molecule has 1 saturated heterocycles. The summed E-state index contributed by atoms with van der Waals surface area (Å²) in [6.07, 6.45) is 1.26. The van der Waals surface area contributed by atoms with Gasteiger partial charge in [0.1, 0.15) is 17.3 Å². The van der Waals surface area contributed by atoms with E-state index in [1.54, 1.807) is 6.07 Å². The normalized spacial score (nSPS) is 16.0. The highest BCUT2D eigenvalue weighted by Gasteiger charge is 2.28. The quantitative estimate of drug-likeness (QED) is 0.520. The molecule has 3 aromatic rings. The van der Waals surface area contributed by atoms with Gasteiger partial charge >= 0.3 is 0 Å². The molecule has 0 radical (unpaired) electrons. The Labute approximate surface area is 169 Å². The van der Waals surface area contributed by atoms with Gasteiger partial charge in [-0.3, -0.25) is 19.8 Å². The number of hydrogen-bond acceptors (Lipinski definition) is 6. The van der Waals surface area contributed by atoms with Crippen molar-refractivity contribution >= 4 is 22.3 Å². The van der Waals surface area contributed by atoms with Crippen molar-refractivity contribution in [1.82, 2.24) is 14.9 Å².